The quantitative estimate of drug-likeness (QED) is 0.562. The minimum absolute atomic E-state index is 0.222. The Bertz CT molecular complexity index is 821. The number of ether oxygens (including phenoxy) is 2. The first-order chi connectivity index (χ1) is 12.4. The number of hydrogen-bond acceptors (Lipinski definition) is 7. The fourth-order valence-corrected chi connectivity index (χ4v) is 2.02. The zero-order chi connectivity index (χ0) is 19.1. The molecule has 136 valence electrons. The van der Waals surface area contributed by atoms with Crippen LogP contribution < -0.4 is 14.8 Å². The minimum atomic E-state index is -0.808. The van der Waals surface area contributed by atoms with Crippen LogP contribution >= 0.6 is 0 Å². The molecule has 10 nitrogen and oxygen atoms in total. The van der Waals surface area contributed by atoms with Gasteiger partial charge < -0.3 is 14.8 Å². The second-order valence-electron chi connectivity index (χ2n) is 5.08. The van der Waals surface area contributed by atoms with Gasteiger partial charge in [-0.25, -0.2) is 0 Å². The number of nitrogens with one attached hydrogen (secondary N) is 1. The van der Waals surface area contributed by atoms with E-state index in [1.807, 2.05) is 0 Å². The third-order valence-electron chi connectivity index (χ3n) is 3.36. The van der Waals surface area contributed by atoms with E-state index in [9.17, 15) is 25.0 Å². The molecule has 0 saturated carbocycles. The summed E-state index contributed by atoms with van der Waals surface area (Å²) in [5.41, 5.74) is -0.185. The lowest BCUT2D eigenvalue weighted by Crippen LogP contribution is -2.28. The molecule has 1 N–H and O–H groups in total. The minimum Gasteiger partial charge on any atom is -0.497 e. The van der Waals surface area contributed by atoms with E-state index in [4.69, 9.17) is 9.47 Å². The predicted molar refractivity (Wildman–Crippen MR) is 90.1 cm³/mol. The Morgan fingerprint density at radius 3 is 2.35 bits per heavy atom. The van der Waals surface area contributed by atoms with Crippen LogP contribution in [0.1, 0.15) is 5.56 Å². The van der Waals surface area contributed by atoms with Gasteiger partial charge in [-0.2, -0.15) is 0 Å². The smallest absolute Gasteiger partial charge is 0.317 e. The maximum absolute atomic E-state index is 11.8. The molecule has 26 heavy (non-hydrogen) atoms. The molecule has 0 fully saturated rings. The first-order valence-electron chi connectivity index (χ1n) is 7.36. The molecule has 0 bridgehead atoms. The number of benzene rings is 2. The maximum atomic E-state index is 11.8. The van der Waals surface area contributed by atoms with Crippen LogP contribution in [0, 0.1) is 20.2 Å². The topological polar surface area (TPSA) is 134 Å². The third kappa shape index (κ3) is 4.90. The molecule has 1 amide bonds. The Morgan fingerprint density at radius 2 is 1.77 bits per heavy atom. The van der Waals surface area contributed by atoms with Crippen LogP contribution in [0.3, 0.4) is 0 Å². The van der Waals surface area contributed by atoms with E-state index >= 15 is 0 Å². The Kier molecular flexibility index (Phi) is 6.04. The Morgan fingerprint density at radius 1 is 1.08 bits per heavy atom. The van der Waals surface area contributed by atoms with Crippen molar-refractivity contribution in [2.24, 2.45) is 0 Å². The fourth-order valence-electron chi connectivity index (χ4n) is 2.02. The van der Waals surface area contributed by atoms with E-state index in [1.54, 1.807) is 31.4 Å². The van der Waals surface area contributed by atoms with Gasteiger partial charge in [-0.1, -0.05) is 12.1 Å². The Labute approximate surface area is 147 Å². The lowest BCUT2D eigenvalue weighted by molar-refractivity contribution is -0.394. The van der Waals surface area contributed by atoms with Gasteiger partial charge >= 0.3 is 5.69 Å². The van der Waals surface area contributed by atoms with Gasteiger partial charge in [0.25, 0.3) is 11.6 Å². The van der Waals surface area contributed by atoms with Crippen molar-refractivity contribution in [3.8, 4) is 11.5 Å². The van der Waals surface area contributed by atoms with Gasteiger partial charge in [0.1, 0.15) is 5.75 Å². The molecule has 0 aliphatic carbocycles. The first-order valence-corrected chi connectivity index (χ1v) is 7.36. The molecule has 0 unspecified atom stereocenters. The Balaban J connectivity index is 1.93. The monoisotopic (exact) mass is 361 g/mol. The molecule has 2 aromatic rings. The van der Waals surface area contributed by atoms with E-state index in [0.717, 1.165) is 23.8 Å². The van der Waals surface area contributed by atoms with Gasteiger partial charge in [-0.05, 0) is 23.8 Å². The lowest BCUT2D eigenvalue weighted by atomic mass is 10.2. The average molecular weight is 361 g/mol. The summed E-state index contributed by atoms with van der Waals surface area (Å²) in [4.78, 5) is 32.0. The van der Waals surface area contributed by atoms with Gasteiger partial charge in [0, 0.05) is 12.6 Å². The lowest BCUT2D eigenvalue weighted by Gasteiger charge is -2.08. The molecular weight excluding hydrogens is 346 g/mol. The van der Waals surface area contributed by atoms with E-state index in [0.29, 0.717) is 5.75 Å². The number of nitro groups is 2. The largest absolute Gasteiger partial charge is 0.497 e. The van der Waals surface area contributed by atoms with Crippen LogP contribution in [-0.2, 0) is 11.3 Å². The van der Waals surface area contributed by atoms with Crippen LogP contribution in [0.2, 0.25) is 0 Å². The van der Waals surface area contributed by atoms with Gasteiger partial charge in [0.15, 0.2) is 12.4 Å². The summed E-state index contributed by atoms with van der Waals surface area (Å²) < 4.78 is 10.2. The number of nitro benzene ring substituents is 2. The van der Waals surface area contributed by atoms with Gasteiger partial charge in [0.05, 0.1) is 23.0 Å². The summed E-state index contributed by atoms with van der Waals surface area (Å²) in [7, 11) is 1.55. The molecule has 10 heteroatoms. The molecule has 2 rings (SSSR count). The molecule has 2 aromatic carbocycles. The highest BCUT2D eigenvalue weighted by Gasteiger charge is 2.21. The van der Waals surface area contributed by atoms with Crippen molar-refractivity contribution >= 4 is 17.3 Å². The van der Waals surface area contributed by atoms with E-state index in [-0.39, 0.29) is 12.3 Å². The zero-order valence-corrected chi connectivity index (χ0v) is 13.7. The second-order valence-corrected chi connectivity index (χ2v) is 5.08. The highest BCUT2D eigenvalue weighted by Crippen LogP contribution is 2.30. The molecular formula is C16H15N3O7. The van der Waals surface area contributed by atoms with Crippen LogP contribution in [-0.4, -0.2) is 29.5 Å². The molecule has 0 saturated heterocycles. The number of amides is 1. The van der Waals surface area contributed by atoms with Crippen molar-refractivity contribution in [2.75, 3.05) is 13.7 Å². The summed E-state index contributed by atoms with van der Waals surface area (Å²) >= 11 is 0. The molecule has 0 aromatic heterocycles. The molecule has 0 radical (unpaired) electrons. The Hall–Kier alpha value is -3.69. The summed E-state index contributed by atoms with van der Waals surface area (Å²) in [5, 5.41) is 24.3. The predicted octanol–water partition coefficient (Wildman–Crippen LogP) is 2.21. The van der Waals surface area contributed by atoms with Crippen molar-refractivity contribution in [1.82, 2.24) is 5.32 Å². The molecule has 0 heterocycles. The normalized spacial score (nSPS) is 10.0. The van der Waals surface area contributed by atoms with Crippen molar-refractivity contribution in [1.29, 1.82) is 0 Å². The summed E-state index contributed by atoms with van der Waals surface area (Å²) in [5.74, 6) is -0.0254. The highest BCUT2D eigenvalue weighted by molar-refractivity contribution is 5.77. The summed E-state index contributed by atoms with van der Waals surface area (Å²) in [6.07, 6.45) is 0. The van der Waals surface area contributed by atoms with E-state index in [1.165, 1.54) is 0 Å². The standard InChI is InChI=1S/C16H15N3O7/c1-25-13-5-2-11(3-6-13)9-17-16(20)10-26-15-7-4-12(18(21)22)8-14(15)19(23)24/h2-8H,9-10H2,1H3,(H,17,20). The van der Waals surface area contributed by atoms with Gasteiger partial charge in [0.2, 0.25) is 0 Å². The number of non-ortho nitro benzene ring substituents is 1. The van der Waals surface area contributed by atoms with Crippen LogP contribution in [0.25, 0.3) is 0 Å². The van der Waals surface area contributed by atoms with Crippen molar-refractivity contribution in [3.63, 3.8) is 0 Å². The van der Waals surface area contributed by atoms with Crippen molar-refractivity contribution < 1.29 is 24.1 Å². The van der Waals surface area contributed by atoms with Crippen LogP contribution in [0.4, 0.5) is 11.4 Å². The molecule has 0 aliphatic heterocycles. The SMILES string of the molecule is COc1ccc(CNC(=O)COc2ccc([N+](=O)[O-])cc2[N+](=O)[O-])cc1. The van der Waals surface area contributed by atoms with Crippen molar-refractivity contribution in [2.45, 2.75) is 6.54 Å². The number of carbonyl (C=O) groups is 1. The summed E-state index contributed by atoms with van der Waals surface area (Å²) in [6.45, 7) is -0.219. The number of hydrogen-bond donors (Lipinski definition) is 1. The van der Waals surface area contributed by atoms with Crippen LogP contribution in [0.15, 0.2) is 42.5 Å². The summed E-state index contributed by atoms with van der Waals surface area (Å²) in [6, 6.07) is 9.99. The molecule has 0 atom stereocenters. The average Bonchev–Trinajstić information content (AvgIpc) is 2.64. The molecule has 0 spiro atoms. The number of carbonyl (C=O) groups excluding carboxylic acids is 1. The number of nitrogens with zero attached hydrogens (tertiary/aromatic N) is 2. The number of methoxy groups -OCH3 is 1. The number of rotatable bonds is 8. The molecule has 0 aliphatic rings. The zero-order valence-electron chi connectivity index (χ0n) is 13.7. The highest BCUT2D eigenvalue weighted by atomic mass is 16.6. The first kappa shape index (κ1) is 18.6. The van der Waals surface area contributed by atoms with E-state index in [2.05, 4.69) is 5.32 Å². The third-order valence-corrected chi connectivity index (χ3v) is 3.36. The van der Waals surface area contributed by atoms with Crippen molar-refractivity contribution in [3.05, 3.63) is 68.3 Å². The van der Waals surface area contributed by atoms with Crippen LogP contribution in [0.5, 0.6) is 11.5 Å². The van der Waals surface area contributed by atoms with E-state index < -0.39 is 33.7 Å². The fraction of sp³-hybridized carbons (Fsp3) is 0.188. The second kappa shape index (κ2) is 8.42. The maximum Gasteiger partial charge on any atom is 0.317 e. The van der Waals surface area contributed by atoms with Gasteiger partial charge in [-0.15, -0.1) is 0 Å². The van der Waals surface area contributed by atoms with Gasteiger partial charge in [-0.3, -0.25) is 25.0 Å².